The lowest BCUT2D eigenvalue weighted by molar-refractivity contribution is -0.129. The second-order valence-corrected chi connectivity index (χ2v) is 10.9. The molecule has 0 saturated heterocycles. The summed E-state index contributed by atoms with van der Waals surface area (Å²) in [6.45, 7) is 3.14. The Morgan fingerprint density at radius 3 is 2.07 bits per heavy atom. The van der Waals surface area contributed by atoms with E-state index in [2.05, 4.69) is 10.6 Å². The molecule has 0 unspecified atom stereocenters. The molecule has 4 aromatic carbocycles. The van der Waals surface area contributed by atoms with Crippen LogP contribution in [0.1, 0.15) is 51.0 Å². The summed E-state index contributed by atoms with van der Waals surface area (Å²) in [7, 11) is 0. The SMILES string of the molecule is CCOc1ccc(C[C@@H](C(=O)N[C@@H](Cc2ccccc2)C(=O)NCc2ccc(CN)cc2)c2cc(Cl)ccc2C(N)=O)cc1. The van der Waals surface area contributed by atoms with Crippen LogP contribution >= 0.6 is 11.6 Å². The van der Waals surface area contributed by atoms with Gasteiger partial charge < -0.3 is 26.8 Å². The maximum Gasteiger partial charge on any atom is 0.249 e. The summed E-state index contributed by atoms with van der Waals surface area (Å²) in [6.07, 6.45) is 0.491. The van der Waals surface area contributed by atoms with E-state index in [4.69, 9.17) is 27.8 Å². The molecule has 4 rings (SSSR count). The number of nitrogens with two attached hydrogens (primary N) is 2. The van der Waals surface area contributed by atoms with Crippen molar-refractivity contribution >= 4 is 29.3 Å². The minimum absolute atomic E-state index is 0.186. The van der Waals surface area contributed by atoms with Crippen molar-refractivity contribution in [3.8, 4) is 5.75 Å². The van der Waals surface area contributed by atoms with Crippen molar-refractivity contribution in [2.45, 2.75) is 44.8 Å². The zero-order chi connectivity index (χ0) is 31.5. The quantitative estimate of drug-likeness (QED) is 0.164. The van der Waals surface area contributed by atoms with Crippen LogP contribution in [0, 0.1) is 0 Å². The van der Waals surface area contributed by atoms with Gasteiger partial charge >= 0.3 is 0 Å². The van der Waals surface area contributed by atoms with E-state index in [1.807, 2.05) is 85.8 Å². The molecule has 0 bridgehead atoms. The Bertz CT molecular complexity index is 1560. The van der Waals surface area contributed by atoms with Crippen LogP contribution in [0.25, 0.3) is 0 Å². The summed E-state index contributed by atoms with van der Waals surface area (Å²) in [5.74, 6) is -1.63. The van der Waals surface area contributed by atoms with Crippen molar-refractivity contribution in [1.29, 1.82) is 0 Å². The molecule has 0 radical (unpaired) electrons. The molecule has 0 aliphatic carbocycles. The number of hydrogen-bond acceptors (Lipinski definition) is 5. The third-order valence-corrected chi connectivity index (χ3v) is 7.52. The number of benzene rings is 4. The number of ether oxygens (including phenoxy) is 1. The molecular formula is C35H37ClN4O4. The van der Waals surface area contributed by atoms with Gasteiger partial charge in [0.1, 0.15) is 11.8 Å². The first kappa shape index (κ1) is 32.3. The van der Waals surface area contributed by atoms with E-state index in [-0.39, 0.29) is 30.9 Å². The predicted molar refractivity (Wildman–Crippen MR) is 172 cm³/mol. The van der Waals surface area contributed by atoms with Gasteiger partial charge in [0.2, 0.25) is 17.7 Å². The number of primary amides is 1. The second kappa shape index (κ2) is 15.7. The average molecular weight is 613 g/mol. The molecule has 0 spiro atoms. The van der Waals surface area contributed by atoms with Gasteiger partial charge in [-0.05, 0) is 71.5 Å². The van der Waals surface area contributed by atoms with Gasteiger partial charge in [0.05, 0.1) is 12.5 Å². The Hall–Kier alpha value is -4.66. The van der Waals surface area contributed by atoms with Gasteiger partial charge in [-0.3, -0.25) is 14.4 Å². The first-order chi connectivity index (χ1) is 21.3. The molecule has 0 saturated carbocycles. The molecule has 228 valence electrons. The number of carbonyl (C=O) groups excluding carboxylic acids is 3. The number of carbonyl (C=O) groups is 3. The Morgan fingerprint density at radius 2 is 1.43 bits per heavy atom. The highest BCUT2D eigenvalue weighted by Gasteiger charge is 2.30. The number of hydrogen-bond donors (Lipinski definition) is 4. The van der Waals surface area contributed by atoms with E-state index in [1.165, 1.54) is 6.07 Å². The van der Waals surface area contributed by atoms with E-state index in [0.717, 1.165) is 22.3 Å². The van der Waals surface area contributed by atoms with Gasteiger partial charge in [0, 0.05) is 30.1 Å². The molecule has 0 aliphatic rings. The summed E-state index contributed by atoms with van der Waals surface area (Å²) >= 11 is 6.34. The van der Waals surface area contributed by atoms with Crippen LogP contribution in [0.4, 0.5) is 0 Å². The maximum atomic E-state index is 14.1. The molecular weight excluding hydrogens is 576 g/mol. The van der Waals surface area contributed by atoms with E-state index in [9.17, 15) is 14.4 Å². The largest absolute Gasteiger partial charge is 0.494 e. The Balaban J connectivity index is 1.63. The summed E-state index contributed by atoms with van der Waals surface area (Å²) < 4.78 is 5.56. The van der Waals surface area contributed by atoms with E-state index in [0.29, 0.717) is 29.5 Å². The van der Waals surface area contributed by atoms with Crippen molar-refractivity contribution < 1.29 is 19.1 Å². The van der Waals surface area contributed by atoms with Crippen molar-refractivity contribution in [1.82, 2.24) is 10.6 Å². The average Bonchev–Trinajstić information content (AvgIpc) is 3.03. The van der Waals surface area contributed by atoms with Gasteiger partial charge in [-0.2, -0.15) is 0 Å². The highest BCUT2D eigenvalue weighted by atomic mass is 35.5. The summed E-state index contributed by atoms with van der Waals surface area (Å²) in [5.41, 5.74) is 15.6. The number of nitrogens with one attached hydrogen (secondary N) is 2. The van der Waals surface area contributed by atoms with Crippen LogP contribution in [-0.2, 0) is 35.5 Å². The highest BCUT2D eigenvalue weighted by Crippen LogP contribution is 2.29. The smallest absolute Gasteiger partial charge is 0.249 e. The zero-order valence-electron chi connectivity index (χ0n) is 24.6. The standard InChI is InChI=1S/C35H37ClN4O4/c1-2-44-28-15-12-24(13-16-28)18-31(30-20-27(36)14-17-29(30)33(38)41)34(42)40-32(19-23-6-4-3-5-7-23)35(43)39-22-26-10-8-25(21-37)9-11-26/h3-17,20,31-32H,2,18-19,21-22,37H2,1H3,(H2,38,41)(H,39,43)(H,40,42)/t31-,32+/m1/s1. The van der Waals surface area contributed by atoms with Gasteiger partial charge in [-0.25, -0.2) is 0 Å². The molecule has 44 heavy (non-hydrogen) atoms. The maximum absolute atomic E-state index is 14.1. The fourth-order valence-corrected chi connectivity index (χ4v) is 5.13. The summed E-state index contributed by atoms with van der Waals surface area (Å²) in [4.78, 5) is 40.1. The molecule has 0 aromatic heterocycles. The van der Waals surface area contributed by atoms with Gasteiger partial charge in [0.15, 0.2) is 0 Å². The van der Waals surface area contributed by atoms with Gasteiger partial charge in [-0.1, -0.05) is 78.3 Å². The van der Waals surface area contributed by atoms with Crippen LogP contribution in [-0.4, -0.2) is 30.4 Å². The second-order valence-electron chi connectivity index (χ2n) is 10.4. The number of rotatable bonds is 14. The topological polar surface area (TPSA) is 137 Å². The molecule has 0 aliphatic heterocycles. The minimum atomic E-state index is -0.896. The normalized spacial score (nSPS) is 12.2. The molecule has 8 nitrogen and oxygen atoms in total. The van der Waals surface area contributed by atoms with Crippen molar-refractivity contribution in [3.05, 3.63) is 135 Å². The highest BCUT2D eigenvalue weighted by molar-refractivity contribution is 6.30. The predicted octanol–water partition coefficient (Wildman–Crippen LogP) is 4.67. The van der Waals surface area contributed by atoms with Crippen LogP contribution in [0.2, 0.25) is 5.02 Å². The van der Waals surface area contributed by atoms with Gasteiger partial charge in [0.25, 0.3) is 0 Å². The minimum Gasteiger partial charge on any atom is -0.494 e. The lowest BCUT2D eigenvalue weighted by atomic mass is 9.87. The van der Waals surface area contributed by atoms with E-state index >= 15 is 0 Å². The third kappa shape index (κ3) is 8.92. The van der Waals surface area contributed by atoms with Crippen LogP contribution < -0.4 is 26.8 Å². The van der Waals surface area contributed by atoms with Crippen molar-refractivity contribution in [2.24, 2.45) is 11.5 Å². The molecule has 0 fully saturated rings. The van der Waals surface area contributed by atoms with Crippen molar-refractivity contribution in [3.63, 3.8) is 0 Å². The zero-order valence-corrected chi connectivity index (χ0v) is 25.3. The molecule has 3 amide bonds. The lowest BCUT2D eigenvalue weighted by Gasteiger charge is -2.24. The molecule has 0 heterocycles. The monoisotopic (exact) mass is 612 g/mol. The summed E-state index contributed by atoms with van der Waals surface area (Å²) in [5, 5.41) is 6.28. The van der Waals surface area contributed by atoms with Crippen LogP contribution in [0.15, 0.2) is 97.1 Å². The molecule has 2 atom stereocenters. The number of halogens is 1. The first-order valence-corrected chi connectivity index (χ1v) is 14.9. The van der Waals surface area contributed by atoms with Crippen LogP contribution in [0.3, 0.4) is 0 Å². The lowest BCUT2D eigenvalue weighted by Crippen LogP contribution is -2.49. The third-order valence-electron chi connectivity index (χ3n) is 7.29. The molecule has 9 heteroatoms. The van der Waals surface area contributed by atoms with E-state index in [1.54, 1.807) is 12.1 Å². The fraction of sp³-hybridized carbons (Fsp3) is 0.229. The molecule has 4 aromatic rings. The van der Waals surface area contributed by atoms with Crippen molar-refractivity contribution in [2.75, 3.05) is 6.61 Å². The Morgan fingerprint density at radius 1 is 0.795 bits per heavy atom. The fourth-order valence-electron chi connectivity index (χ4n) is 4.95. The molecule has 6 N–H and O–H groups in total. The Labute approximate surface area is 262 Å². The van der Waals surface area contributed by atoms with E-state index < -0.39 is 23.8 Å². The first-order valence-electron chi connectivity index (χ1n) is 14.5. The van der Waals surface area contributed by atoms with Gasteiger partial charge in [-0.15, -0.1) is 0 Å². The number of amides is 3. The Kier molecular flexibility index (Phi) is 11.5. The summed E-state index contributed by atoms with van der Waals surface area (Å²) in [6, 6.07) is 28.2. The van der Waals surface area contributed by atoms with Crippen LogP contribution in [0.5, 0.6) is 5.75 Å².